The molecule has 144 valence electrons. The number of aryl methyl sites for hydroxylation is 1. The molecule has 3 N–H and O–H groups in total. The third kappa shape index (κ3) is 5.46. The second-order valence-corrected chi connectivity index (χ2v) is 5.94. The lowest BCUT2D eigenvalue weighted by molar-refractivity contribution is -0.123. The highest BCUT2D eigenvalue weighted by atomic mass is 16.5. The predicted molar refractivity (Wildman–Crippen MR) is 103 cm³/mol. The van der Waals surface area contributed by atoms with Crippen LogP contribution in [0.3, 0.4) is 0 Å². The number of esters is 1. The van der Waals surface area contributed by atoms with E-state index in [2.05, 4.69) is 10.6 Å². The molecule has 2 rings (SSSR count). The van der Waals surface area contributed by atoms with Gasteiger partial charge in [-0.1, -0.05) is 18.2 Å². The average molecular weight is 372 g/mol. The Morgan fingerprint density at radius 2 is 1.89 bits per heavy atom. The number of hydrogen-bond donors (Lipinski definition) is 3. The number of hydrogen-bond acceptors (Lipinski definition) is 6. The van der Waals surface area contributed by atoms with Gasteiger partial charge in [0.2, 0.25) is 0 Å². The van der Waals surface area contributed by atoms with E-state index in [9.17, 15) is 9.59 Å². The van der Waals surface area contributed by atoms with Gasteiger partial charge in [0.15, 0.2) is 6.10 Å². The minimum absolute atomic E-state index is 0.0689. The summed E-state index contributed by atoms with van der Waals surface area (Å²) in [5.41, 5.74) is 2.29. The number of carbonyl (C=O) groups excluding carboxylic acids is 2. The van der Waals surface area contributed by atoms with Crippen LogP contribution in [0.2, 0.25) is 0 Å². The molecule has 0 heterocycles. The van der Waals surface area contributed by atoms with Crippen molar-refractivity contribution in [1.29, 1.82) is 0 Å². The van der Waals surface area contributed by atoms with Gasteiger partial charge in [-0.05, 0) is 43.7 Å². The first-order valence-corrected chi connectivity index (χ1v) is 8.56. The molecule has 2 aromatic carbocycles. The number of amides is 1. The van der Waals surface area contributed by atoms with Crippen LogP contribution in [0.5, 0.6) is 5.75 Å². The van der Waals surface area contributed by atoms with Gasteiger partial charge in [-0.3, -0.25) is 4.79 Å². The first-order chi connectivity index (χ1) is 13.0. The van der Waals surface area contributed by atoms with Crippen LogP contribution in [0.1, 0.15) is 22.8 Å². The maximum Gasteiger partial charge on any atom is 0.341 e. The van der Waals surface area contributed by atoms with Crippen molar-refractivity contribution in [3.05, 3.63) is 53.6 Å². The number of ether oxygens (including phenoxy) is 2. The molecule has 1 atom stereocenters. The van der Waals surface area contributed by atoms with Crippen molar-refractivity contribution in [1.82, 2.24) is 0 Å². The summed E-state index contributed by atoms with van der Waals surface area (Å²) in [5.74, 6) is -0.575. The van der Waals surface area contributed by atoms with E-state index in [1.54, 1.807) is 36.4 Å². The number of rotatable bonds is 8. The zero-order valence-corrected chi connectivity index (χ0v) is 15.6. The second-order valence-electron chi connectivity index (χ2n) is 5.94. The number of carbonyl (C=O) groups is 2. The van der Waals surface area contributed by atoms with Crippen molar-refractivity contribution in [2.45, 2.75) is 20.0 Å². The Labute approximate surface area is 158 Å². The lowest BCUT2D eigenvalue weighted by Crippen LogP contribution is -2.30. The van der Waals surface area contributed by atoms with Crippen LogP contribution < -0.4 is 15.4 Å². The summed E-state index contributed by atoms with van der Waals surface area (Å²) in [7, 11) is 1.51. The van der Waals surface area contributed by atoms with Crippen LogP contribution in [0.4, 0.5) is 11.4 Å². The van der Waals surface area contributed by atoms with Gasteiger partial charge in [0.1, 0.15) is 5.75 Å². The molecule has 1 amide bonds. The van der Waals surface area contributed by atoms with E-state index in [1.165, 1.54) is 14.0 Å². The molecule has 0 fully saturated rings. The quantitative estimate of drug-likeness (QED) is 0.617. The van der Waals surface area contributed by atoms with Gasteiger partial charge in [-0.2, -0.15) is 0 Å². The Hall–Kier alpha value is -3.06. The average Bonchev–Trinajstić information content (AvgIpc) is 2.66. The molecule has 0 aliphatic heterocycles. The molecule has 0 aliphatic rings. The van der Waals surface area contributed by atoms with E-state index in [-0.39, 0.29) is 6.61 Å². The molecule has 0 radical (unpaired) electrons. The Kier molecular flexibility index (Phi) is 7.19. The number of aliphatic hydroxyl groups is 1. The monoisotopic (exact) mass is 372 g/mol. The number of nitrogens with one attached hydrogen (secondary N) is 2. The van der Waals surface area contributed by atoms with Gasteiger partial charge in [0, 0.05) is 12.2 Å². The lowest BCUT2D eigenvalue weighted by atomic mass is 10.1. The predicted octanol–water partition coefficient (Wildman–Crippen LogP) is 2.59. The summed E-state index contributed by atoms with van der Waals surface area (Å²) >= 11 is 0. The van der Waals surface area contributed by atoms with E-state index in [0.717, 1.165) is 5.56 Å². The summed E-state index contributed by atoms with van der Waals surface area (Å²) in [6, 6.07) is 12.2. The number of benzene rings is 2. The van der Waals surface area contributed by atoms with Crippen molar-refractivity contribution >= 4 is 23.3 Å². The van der Waals surface area contributed by atoms with Gasteiger partial charge in [0.05, 0.1) is 25.0 Å². The largest absolute Gasteiger partial charge is 0.495 e. The minimum atomic E-state index is -1.01. The normalized spacial score (nSPS) is 11.4. The van der Waals surface area contributed by atoms with E-state index in [4.69, 9.17) is 14.6 Å². The lowest BCUT2D eigenvalue weighted by Gasteiger charge is -2.17. The fourth-order valence-electron chi connectivity index (χ4n) is 2.44. The van der Waals surface area contributed by atoms with E-state index >= 15 is 0 Å². The third-order valence-electron chi connectivity index (χ3n) is 3.84. The third-order valence-corrected chi connectivity index (χ3v) is 3.84. The maximum atomic E-state index is 12.4. The topological polar surface area (TPSA) is 96.9 Å². The van der Waals surface area contributed by atoms with Crippen LogP contribution in [0.25, 0.3) is 0 Å². The smallest absolute Gasteiger partial charge is 0.341 e. The molecule has 7 nitrogen and oxygen atoms in total. The van der Waals surface area contributed by atoms with Crippen LogP contribution in [0, 0.1) is 6.92 Å². The van der Waals surface area contributed by atoms with Crippen LogP contribution >= 0.6 is 0 Å². The number of methoxy groups -OCH3 is 1. The van der Waals surface area contributed by atoms with Crippen LogP contribution in [-0.4, -0.2) is 43.3 Å². The van der Waals surface area contributed by atoms with E-state index in [1.807, 2.05) is 13.0 Å². The molecule has 0 aromatic heterocycles. The Morgan fingerprint density at radius 3 is 2.59 bits per heavy atom. The standard InChI is InChI=1S/C20H24N2O5/c1-13-8-9-18(26-3)17(12-13)22-19(24)14(2)27-20(25)15-6-4-5-7-16(15)21-10-11-23/h4-9,12,14,21,23H,10-11H2,1-3H3,(H,22,24)/t14-/m1/s1. The molecule has 7 heteroatoms. The van der Waals surface area contributed by atoms with Crippen molar-refractivity contribution in [3.8, 4) is 5.75 Å². The first kappa shape index (κ1) is 20.3. The summed E-state index contributed by atoms with van der Waals surface area (Å²) in [6.45, 7) is 3.63. The zero-order valence-electron chi connectivity index (χ0n) is 15.6. The Balaban J connectivity index is 2.06. The molecule has 0 spiro atoms. The summed E-state index contributed by atoms with van der Waals surface area (Å²) < 4.78 is 10.5. The highest BCUT2D eigenvalue weighted by Gasteiger charge is 2.21. The van der Waals surface area contributed by atoms with Crippen molar-refractivity contribution in [2.24, 2.45) is 0 Å². The fraction of sp³-hybridized carbons (Fsp3) is 0.300. The molecular weight excluding hydrogens is 348 g/mol. The zero-order chi connectivity index (χ0) is 19.8. The van der Waals surface area contributed by atoms with Crippen molar-refractivity contribution in [2.75, 3.05) is 30.9 Å². The first-order valence-electron chi connectivity index (χ1n) is 8.56. The fourth-order valence-corrected chi connectivity index (χ4v) is 2.44. The highest BCUT2D eigenvalue weighted by molar-refractivity contribution is 6.00. The van der Waals surface area contributed by atoms with Gasteiger partial charge in [-0.25, -0.2) is 4.79 Å². The summed E-state index contributed by atoms with van der Waals surface area (Å²) in [4.78, 5) is 24.9. The van der Waals surface area contributed by atoms with Gasteiger partial charge in [-0.15, -0.1) is 0 Å². The molecule has 0 unspecified atom stereocenters. The van der Waals surface area contributed by atoms with Gasteiger partial charge >= 0.3 is 5.97 Å². The number of aliphatic hydroxyl groups excluding tert-OH is 1. The summed E-state index contributed by atoms with van der Waals surface area (Å²) in [6.07, 6.45) is -1.01. The number of para-hydroxylation sites is 1. The summed E-state index contributed by atoms with van der Waals surface area (Å²) in [5, 5.41) is 14.6. The molecule has 27 heavy (non-hydrogen) atoms. The van der Waals surface area contributed by atoms with Crippen LogP contribution in [0.15, 0.2) is 42.5 Å². The van der Waals surface area contributed by atoms with E-state index in [0.29, 0.717) is 29.2 Å². The Bertz CT molecular complexity index is 807. The Morgan fingerprint density at radius 1 is 1.15 bits per heavy atom. The van der Waals surface area contributed by atoms with Gasteiger partial charge < -0.3 is 25.2 Å². The maximum absolute atomic E-state index is 12.4. The highest BCUT2D eigenvalue weighted by Crippen LogP contribution is 2.25. The van der Waals surface area contributed by atoms with E-state index < -0.39 is 18.0 Å². The molecule has 0 bridgehead atoms. The van der Waals surface area contributed by atoms with Gasteiger partial charge in [0.25, 0.3) is 5.91 Å². The van der Waals surface area contributed by atoms with Crippen molar-refractivity contribution < 1.29 is 24.2 Å². The molecule has 0 saturated heterocycles. The minimum Gasteiger partial charge on any atom is -0.495 e. The molecule has 0 aliphatic carbocycles. The number of anilines is 2. The molecular formula is C20H24N2O5. The second kappa shape index (κ2) is 9.59. The van der Waals surface area contributed by atoms with Crippen molar-refractivity contribution in [3.63, 3.8) is 0 Å². The molecule has 0 saturated carbocycles. The SMILES string of the molecule is COc1ccc(C)cc1NC(=O)[C@@H](C)OC(=O)c1ccccc1NCCO. The molecule has 2 aromatic rings. The van der Waals surface area contributed by atoms with Crippen LogP contribution in [-0.2, 0) is 9.53 Å².